The summed E-state index contributed by atoms with van der Waals surface area (Å²) >= 11 is 0. The number of rotatable bonds is 7. The van der Waals surface area contributed by atoms with Gasteiger partial charge in [0, 0.05) is 35.5 Å². The molecule has 3 rings (SSSR count). The molecule has 0 saturated carbocycles. The predicted molar refractivity (Wildman–Crippen MR) is 128 cm³/mol. The highest BCUT2D eigenvalue weighted by atomic mass is 16.2. The van der Waals surface area contributed by atoms with Crippen molar-refractivity contribution in [2.75, 3.05) is 13.1 Å². The van der Waals surface area contributed by atoms with Crippen molar-refractivity contribution < 1.29 is 9.59 Å². The van der Waals surface area contributed by atoms with E-state index in [0.29, 0.717) is 6.54 Å². The van der Waals surface area contributed by atoms with Crippen molar-refractivity contribution in [2.45, 2.75) is 33.2 Å². The average Bonchev–Trinajstić information content (AvgIpc) is 3.20. The summed E-state index contributed by atoms with van der Waals surface area (Å²) in [6.45, 7) is 8.06. The molecule has 2 aromatic carbocycles. The van der Waals surface area contributed by atoms with Crippen LogP contribution in [0.5, 0.6) is 0 Å². The Kier molecular flexibility index (Phi) is 7.25. The Morgan fingerprint density at radius 2 is 1.66 bits per heavy atom. The average molecular weight is 431 g/mol. The highest BCUT2D eigenvalue weighted by Gasteiger charge is 2.18. The Morgan fingerprint density at radius 3 is 2.25 bits per heavy atom. The molecule has 0 aliphatic carbocycles. The van der Waals surface area contributed by atoms with Crippen LogP contribution >= 0.6 is 0 Å². The van der Waals surface area contributed by atoms with E-state index in [1.54, 1.807) is 10.8 Å². The number of carbonyl (C=O) groups excluding carboxylic acids is 2. The smallest absolute Gasteiger partial charge is 0.247 e. The van der Waals surface area contributed by atoms with Gasteiger partial charge in [-0.3, -0.25) is 9.59 Å². The molecule has 1 aromatic heterocycles. The molecule has 1 heterocycles. The fraction of sp³-hybridized carbons (Fsp3) is 0.269. The maximum atomic E-state index is 12.8. The maximum absolute atomic E-state index is 12.8. The van der Waals surface area contributed by atoms with Crippen LogP contribution in [-0.2, 0) is 9.59 Å². The van der Waals surface area contributed by atoms with Crippen molar-refractivity contribution in [2.24, 2.45) is 0 Å². The zero-order chi connectivity index (χ0) is 23.1. The van der Waals surface area contributed by atoms with E-state index in [-0.39, 0.29) is 23.9 Å². The third-order valence-corrected chi connectivity index (χ3v) is 4.76. The molecule has 0 spiro atoms. The molecule has 0 saturated heterocycles. The fourth-order valence-electron chi connectivity index (χ4n) is 3.29. The summed E-state index contributed by atoms with van der Waals surface area (Å²) in [5.74, 6) is -0.397. The first-order valence-corrected chi connectivity index (χ1v) is 10.8. The van der Waals surface area contributed by atoms with Gasteiger partial charge in [0.15, 0.2) is 0 Å². The van der Waals surface area contributed by atoms with Crippen LogP contribution in [-0.4, -0.2) is 45.1 Å². The van der Waals surface area contributed by atoms with E-state index in [4.69, 9.17) is 5.10 Å². The van der Waals surface area contributed by atoms with Crippen molar-refractivity contribution in [3.05, 3.63) is 78.5 Å². The van der Waals surface area contributed by atoms with Crippen molar-refractivity contribution in [3.8, 4) is 16.9 Å². The Labute approximate surface area is 189 Å². The molecule has 0 radical (unpaired) electrons. The first-order chi connectivity index (χ1) is 15.3. The van der Waals surface area contributed by atoms with Gasteiger partial charge < -0.3 is 10.2 Å². The first kappa shape index (κ1) is 23.0. The maximum Gasteiger partial charge on any atom is 0.247 e. The summed E-state index contributed by atoms with van der Waals surface area (Å²) < 4.78 is 1.81. The Bertz CT molecular complexity index is 1080. The van der Waals surface area contributed by atoms with E-state index < -0.39 is 0 Å². The number of hydrogen-bond donors (Lipinski definition) is 1. The summed E-state index contributed by atoms with van der Waals surface area (Å²) in [5, 5.41) is 7.65. The number of benzene rings is 2. The highest BCUT2D eigenvalue weighted by molar-refractivity contribution is 5.95. The molecular weight excluding hydrogens is 400 g/mol. The fourth-order valence-corrected chi connectivity index (χ4v) is 3.29. The normalized spacial score (nSPS) is 11.5. The first-order valence-electron chi connectivity index (χ1n) is 10.8. The van der Waals surface area contributed by atoms with Gasteiger partial charge in [0.2, 0.25) is 11.8 Å². The van der Waals surface area contributed by atoms with Crippen molar-refractivity contribution in [1.29, 1.82) is 0 Å². The SMILES string of the molecule is CCN(CC(=O)NC(C)(C)C)C(=O)/C=C/c1cn(-c2ccccc2)nc1-c1ccccc1. The number of carbonyl (C=O) groups is 2. The van der Waals surface area contributed by atoms with E-state index in [2.05, 4.69) is 5.32 Å². The molecular formula is C26H30N4O2. The number of hydrogen-bond acceptors (Lipinski definition) is 3. The van der Waals surface area contributed by atoms with Crippen LogP contribution in [0, 0.1) is 0 Å². The monoisotopic (exact) mass is 430 g/mol. The number of nitrogens with zero attached hydrogens (tertiary/aromatic N) is 3. The number of aromatic nitrogens is 2. The van der Waals surface area contributed by atoms with Crippen LogP contribution in [0.25, 0.3) is 23.0 Å². The zero-order valence-corrected chi connectivity index (χ0v) is 19.1. The van der Waals surface area contributed by atoms with Gasteiger partial charge >= 0.3 is 0 Å². The van der Waals surface area contributed by atoms with Crippen LogP contribution in [0.15, 0.2) is 72.9 Å². The molecule has 166 valence electrons. The van der Waals surface area contributed by atoms with Crippen LogP contribution in [0.1, 0.15) is 33.3 Å². The van der Waals surface area contributed by atoms with Crippen LogP contribution in [0.2, 0.25) is 0 Å². The van der Waals surface area contributed by atoms with Gasteiger partial charge in [0.25, 0.3) is 0 Å². The van der Waals surface area contributed by atoms with E-state index in [1.807, 2.05) is 94.6 Å². The van der Waals surface area contributed by atoms with Gasteiger partial charge in [-0.05, 0) is 45.9 Å². The lowest BCUT2D eigenvalue weighted by atomic mass is 10.1. The van der Waals surface area contributed by atoms with Gasteiger partial charge in [0.05, 0.1) is 17.9 Å². The minimum Gasteiger partial charge on any atom is -0.350 e. The van der Waals surface area contributed by atoms with E-state index >= 15 is 0 Å². The largest absolute Gasteiger partial charge is 0.350 e. The second kappa shape index (κ2) is 10.1. The second-order valence-electron chi connectivity index (χ2n) is 8.56. The van der Waals surface area contributed by atoms with Crippen LogP contribution in [0.4, 0.5) is 0 Å². The zero-order valence-electron chi connectivity index (χ0n) is 19.1. The number of likely N-dealkylation sites (N-methyl/N-ethyl adjacent to an activating group) is 1. The van der Waals surface area contributed by atoms with Gasteiger partial charge in [-0.1, -0.05) is 48.5 Å². The molecule has 0 unspecified atom stereocenters. The Morgan fingerprint density at radius 1 is 1.03 bits per heavy atom. The van der Waals surface area contributed by atoms with Crippen molar-refractivity contribution in [3.63, 3.8) is 0 Å². The molecule has 6 nitrogen and oxygen atoms in total. The molecule has 3 aromatic rings. The molecule has 32 heavy (non-hydrogen) atoms. The third kappa shape index (κ3) is 6.17. The molecule has 2 amide bonds. The van der Waals surface area contributed by atoms with Crippen LogP contribution < -0.4 is 5.32 Å². The Balaban J connectivity index is 1.85. The molecule has 0 atom stereocenters. The minimum absolute atomic E-state index is 0.0196. The standard InChI is InChI=1S/C26H30N4O2/c1-5-29(19-23(31)27-26(2,3)4)24(32)17-16-21-18-30(22-14-10-7-11-15-22)28-25(21)20-12-8-6-9-13-20/h6-18H,5,19H2,1-4H3,(H,27,31)/b17-16+. The topological polar surface area (TPSA) is 67.2 Å². The van der Waals surface area contributed by atoms with E-state index in [0.717, 1.165) is 22.5 Å². The molecule has 0 bridgehead atoms. The quantitative estimate of drug-likeness (QED) is 0.568. The summed E-state index contributed by atoms with van der Waals surface area (Å²) in [6.07, 6.45) is 5.18. The molecule has 0 aliphatic rings. The van der Waals surface area contributed by atoms with Crippen molar-refractivity contribution >= 4 is 17.9 Å². The summed E-state index contributed by atoms with van der Waals surface area (Å²) in [4.78, 5) is 26.6. The van der Waals surface area contributed by atoms with Crippen LogP contribution in [0.3, 0.4) is 0 Å². The van der Waals surface area contributed by atoms with E-state index in [1.165, 1.54) is 11.0 Å². The second-order valence-corrected chi connectivity index (χ2v) is 8.56. The molecule has 1 N–H and O–H groups in total. The summed E-state index contributed by atoms with van der Waals surface area (Å²) in [6, 6.07) is 19.7. The molecule has 0 aliphatic heterocycles. The highest BCUT2D eigenvalue weighted by Crippen LogP contribution is 2.24. The minimum atomic E-state index is -0.341. The Hall–Kier alpha value is -3.67. The van der Waals surface area contributed by atoms with Gasteiger partial charge in [-0.15, -0.1) is 0 Å². The number of nitrogens with one attached hydrogen (secondary N) is 1. The lowest BCUT2D eigenvalue weighted by Gasteiger charge is -2.24. The molecule has 6 heteroatoms. The molecule has 0 fully saturated rings. The predicted octanol–water partition coefficient (Wildman–Crippen LogP) is 4.32. The lowest BCUT2D eigenvalue weighted by Crippen LogP contribution is -2.47. The third-order valence-electron chi connectivity index (χ3n) is 4.76. The van der Waals surface area contributed by atoms with Gasteiger partial charge in [-0.25, -0.2) is 4.68 Å². The number of para-hydroxylation sites is 1. The van der Waals surface area contributed by atoms with E-state index in [9.17, 15) is 9.59 Å². The van der Waals surface area contributed by atoms with Gasteiger partial charge in [0.1, 0.15) is 0 Å². The number of amides is 2. The summed E-state index contributed by atoms with van der Waals surface area (Å²) in [7, 11) is 0. The summed E-state index contributed by atoms with van der Waals surface area (Å²) in [5.41, 5.74) is 3.16. The van der Waals surface area contributed by atoms with Crippen molar-refractivity contribution in [1.82, 2.24) is 20.0 Å². The van der Waals surface area contributed by atoms with Gasteiger partial charge in [-0.2, -0.15) is 5.10 Å². The lowest BCUT2D eigenvalue weighted by molar-refractivity contribution is -0.132.